The van der Waals surface area contributed by atoms with Crippen LogP contribution in [0.5, 0.6) is 0 Å². The number of carbonyl (C=O) groups excluding carboxylic acids is 6. The Bertz CT molecular complexity index is 1220. The van der Waals surface area contributed by atoms with Crippen LogP contribution >= 0.6 is 0 Å². The lowest BCUT2D eigenvalue weighted by atomic mass is 9.82. The van der Waals surface area contributed by atoms with Gasteiger partial charge in [0.25, 0.3) is 0 Å². The van der Waals surface area contributed by atoms with Crippen LogP contribution in [0.3, 0.4) is 0 Å². The van der Waals surface area contributed by atoms with Crippen molar-refractivity contribution in [3.63, 3.8) is 0 Å². The van der Waals surface area contributed by atoms with Crippen LogP contribution in [0.2, 0.25) is 0 Å². The highest BCUT2D eigenvalue weighted by Crippen LogP contribution is 2.53. The Hall–Kier alpha value is -4.62. The Morgan fingerprint density at radius 3 is 1.42 bits per heavy atom. The number of nitrogens with one attached hydrogen (secondary N) is 2. The second kappa shape index (κ2) is 20.1. The van der Waals surface area contributed by atoms with E-state index in [1.54, 1.807) is 13.8 Å². The van der Waals surface area contributed by atoms with Gasteiger partial charge in [-0.15, -0.1) is 0 Å². The average molecular weight is 705 g/mol. The number of carbonyl (C=O) groups is 6. The second-order valence-electron chi connectivity index (χ2n) is 13.3. The van der Waals surface area contributed by atoms with Crippen LogP contribution in [-0.4, -0.2) is 86.3 Å². The largest absolute Gasteiger partial charge is 0.460 e. The highest BCUT2D eigenvalue weighted by atomic mass is 16.6. The van der Waals surface area contributed by atoms with E-state index in [0.717, 1.165) is 50.0 Å². The van der Waals surface area contributed by atoms with Crippen molar-refractivity contribution >= 4 is 36.1 Å². The van der Waals surface area contributed by atoms with Crippen LogP contribution in [0.25, 0.3) is 0 Å². The smallest absolute Gasteiger partial charge is 0.408 e. The molecular formula is C36H52N2O12. The molecule has 0 aliphatic heterocycles. The highest BCUT2D eigenvalue weighted by Gasteiger charge is 2.48. The van der Waals surface area contributed by atoms with Crippen LogP contribution in [0.1, 0.15) is 65.7 Å². The minimum Gasteiger partial charge on any atom is -0.460 e. The van der Waals surface area contributed by atoms with Crippen LogP contribution in [0.15, 0.2) is 50.6 Å². The summed E-state index contributed by atoms with van der Waals surface area (Å²) in [4.78, 5) is 72.3. The lowest BCUT2D eigenvalue weighted by Gasteiger charge is -2.32. The van der Waals surface area contributed by atoms with E-state index in [1.807, 2.05) is 0 Å². The number of ether oxygens (including phenoxy) is 6. The van der Waals surface area contributed by atoms with Crippen molar-refractivity contribution in [2.24, 2.45) is 23.7 Å². The minimum absolute atomic E-state index is 0.140. The molecule has 14 nitrogen and oxygen atoms in total. The fraction of sp³-hybridized carbons (Fsp3) is 0.611. The Morgan fingerprint density at radius 1 is 0.620 bits per heavy atom. The van der Waals surface area contributed by atoms with Gasteiger partial charge in [0.2, 0.25) is 0 Å². The molecule has 2 saturated carbocycles. The van der Waals surface area contributed by atoms with Crippen molar-refractivity contribution in [2.75, 3.05) is 33.0 Å². The van der Waals surface area contributed by atoms with Crippen molar-refractivity contribution < 1.29 is 57.2 Å². The Kier molecular flexibility index (Phi) is 16.7. The molecule has 2 bridgehead atoms. The molecule has 2 aliphatic rings. The molecule has 2 aliphatic carbocycles. The minimum atomic E-state index is -1.26. The van der Waals surface area contributed by atoms with Crippen LogP contribution in [0, 0.1) is 23.7 Å². The molecule has 2 amide bonds. The summed E-state index contributed by atoms with van der Waals surface area (Å²) in [6.07, 6.45) is 8.01. The van der Waals surface area contributed by atoms with Crippen LogP contribution < -0.4 is 10.6 Å². The third-order valence-corrected chi connectivity index (χ3v) is 8.91. The quantitative estimate of drug-likeness (QED) is 0.0741. The Morgan fingerprint density at radius 2 is 1.02 bits per heavy atom. The maximum absolute atomic E-state index is 13.1. The first-order valence-corrected chi connectivity index (χ1v) is 16.8. The van der Waals surface area contributed by atoms with Gasteiger partial charge in [0, 0.05) is 24.3 Å². The zero-order valence-corrected chi connectivity index (χ0v) is 29.4. The number of rotatable bonds is 21. The van der Waals surface area contributed by atoms with E-state index >= 15 is 0 Å². The summed E-state index contributed by atoms with van der Waals surface area (Å²) in [6.45, 7) is 17.7. The molecule has 0 saturated heterocycles. The van der Waals surface area contributed by atoms with Crippen LogP contribution in [-0.2, 0) is 47.6 Å². The number of esters is 4. The van der Waals surface area contributed by atoms with E-state index in [0.29, 0.717) is 42.9 Å². The molecule has 0 heterocycles. The normalized spacial score (nSPS) is 21.0. The molecule has 0 radical (unpaired) electrons. The summed E-state index contributed by atoms with van der Waals surface area (Å²) < 4.78 is 31.7. The predicted molar refractivity (Wildman–Crippen MR) is 181 cm³/mol. The molecule has 2 N–H and O–H groups in total. The van der Waals surface area contributed by atoms with Gasteiger partial charge in [-0.3, -0.25) is 0 Å². The third kappa shape index (κ3) is 13.7. The van der Waals surface area contributed by atoms with Gasteiger partial charge in [0.05, 0.1) is 6.61 Å². The number of amides is 2. The molecule has 0 aromatic rings. The summed E-state index contributed by atoms with van der Waals surface area (Å²) >= 11 is 0. The molecular weight excluding hydrogens is 652 g/mol. The zero-order chi connectivity index (χ0) is 37.3. The molecule has 2 rings (SSSR count). The first-order valence-electron chi connectivity index (χ1n) is 16.8. The van der Waals surface area contributed by atoms with Gasteiger partial charge >= 0.3 is 36.1 Å². The Balaban J connectivity index is 1.96. The maximum atomic E-state index is 13.1. The molecule has 5 unspecified atom stereocenters. The number of fused-ring (bicyclic) bond motifs is 2. The molecule has 0 spiro atoms. The van der Waals surface area contributed by atoms with E-state index in [9.17, 15) is 28.8 Å². The number of alkyl carbamates (subject to hydrolysis) is 2. The lowest BCUT2D eigenvalue weighted by molar-refractivity contribution is -0.146. The van der Waals surface area contributed by atoms with E-state index in [2.05, 4.69) is 43.9 Å². The number of hydrogen-bond donors (Lipinski definition) is 2. The molecule has 14 heteroatoms. The molecule has 278 valence electrons. The molecule has 0 aromatic heterocycles. The molecule has 50 heavy (non-hydrogen) atoms. The summed E-state index contributed by atoms with van der Waals surface area (Å²) in [6, 6.07) is 0. The van der Waals surface area contributed by atoms with Crippen molar-refractivity contribution in [3.05, 3.63) is 50.6 Å². The summed E-state index contributed by atoms with van der Waals surface area (Å²) in [7, 11) is 0. The summed E-state index contributed by atoms with van der Waals surface area (Å²) in [5, 5.41) is 5.33. The van der Waals surface area contributed by atoms with Gasteiger partial charge in [-0.05, 0) is 69.6 Å². The molecule has 5 atom stereocenters. The van der Waals surface area contributed by atoms with E-state index in [4.69, 9.17) is 28.4 Å². The SMILES string of the molecule is C=CC(=O)OCC(C)(COC(=O)C=C)NC(=O)OCCCC1C2CC(OC(=O)NC(C)(COC(=O)C=C)COC(=O)C=C)CC(C2)C1CCC. The first-order chi connectivity index (χ1) is 23.7. The van der Waals surface area contributed by atoms with Crippen molar-refractivity contribution in [2.45, 2.75) is 82.9 Å². The lowest BCUT2D eigenvalue weighted by Crippen LogP contribution is -2.54. The summed E-state index contributed by atoms with van der Waals surface area (Å²) in [5.74, 6) is -1.32. The van der Waals surface area contributed by atoms with Gasteiger partial charge in [-0.2, -0.15) is 0 Å². The maximum Gasteiger partial charge on any atom is 0.408 e. The fourth-order valence-corrected chi connectivity index (χ4v) is 6.66. The average Bonchev–Trinajstić information content (AvgIpc) is 3.33. The zero-order valence-electron chi connectivity index (χ0n) is 29.4. The van der Waals surface area contributed by atoms with E-state index < -0.39 is 47.1 Å². The van der Waals surface area contributed by atoms with E-state index in [-0.39, 0.29) is 39.1 Å². The van der Waals surface area contributed by atoms with Crippen molar-refractivity contribution in [3.8, 4) is 0 Å². The van der Waals surface area contributed by atoms with Gasteiger partial charge in [-0.1, -0.05) is 46.1 Å². The third-order valence-electron chi connectivity index (χ3n) is 8.91. The molecule has 0 aromatic carbocycles. The first kappa shape index (κ1) is 41.6. The molecule has 2 fully saturated rings. The van der Waals surface area contributed by atoms with Crippen LogP contribution in [0.4, 0.5) is 9.59 Å². The monoisotopic (exact) mass is 704 g/mol. The topological polar surface area (TPSA) is 182 Å². The van der Waals surface area contributed by atoms with Crippen molar-refractivity contribution in [1.82, 2.24) is 10.6 Å². The van der Waals surface area contributed by atoms with Gasteiger partial charge < -0.3 is 39.1 Å². The predicted octanol–water partition coefficient (Wildman–Crippen LogP) is 4.48. The standard InChI is InChI=1S/C36H52N2O12/c1-8-14-27-24-17-25(19-26(18-24)50-34(44)38-36(7,22-48-31(41)11-4)23-49-32(42)12-5)28(27)15-13-16-45-33(43)37-35(6,20-46-29(39)9-2)21-47-30(40)10-3/h9-12,24-28H,2-5,8,13-23H2,1,6-7H3,(H,37,43)(H,38,44). The van der Waals surface area contributed by atoms with E-state index in [1.165, 1.54) is 0 Å². The number of hydrogen-bond acceptors (Lipinski definition) is 12. The van der Waals surface area contributed by atoms with Gasteiger partial charge in [0.1, 0.15) is 43.6 Å². The van der Waals surface area contributed by atoms with Gasteiger partial charge in [-0.25, -0.2) is 28.8 Å². The Labute approximate surface area is 293 Å². The van der Waals surface area contributed by atoms with Gasteiger partial charge in [0.15, 0.2) is 0 Å². The summed E-state index contributed by atoms with van der Waals surface area (Å²) in [5.41, 5.74) is -2.51. The fourth-order valence-electron chi connectivity index (χ4n) is 6.66. The second-order valence-corrected chi connectivity index (χ2v) is 13.3. The highest BCUT2D eigenvalue weighted by molar-refractivity contribution is 5.82. The van der Waals surface area contributed by atoms with Crippen molar-refractivity contribution in [1.29, 1.82) is 0 Å².